The molecule has 2 rings (SSSR count). The topological polar surface area (TPSA) is 83.1 Å². The minimum atomic E-state index is -0.462. The Morgan fingerprint density at radius 1 is 1.56 bits per heavy atom. The van der Waals surface area contributed by atoms with Crippen molar-refractivity contribution in [2.75, 3.05) is 6.61 Å². The summed E-state index contributed by atoms with van der Waals surface area (Å²) >= 11 is 0. The van der Waals surface area contributed by atoms with Crippen molar-refractivity contribution in [3.05, 3.63) is 28.3 Å². The smallest absolute Gasteiger partial charge is 0.271 e. The number of hydrogen-bond acceptors (Lipinski definition) is 5. The van der Waals surface area contributed by atoms with Gasteiger partial charge in [-0.2, -0.15) is 0 Å². The summed E-state index contributed by atoms with van der Waals surface area (Å²) in [5.74, 6) is 0. The zero-order chi connectivity index (χ0) is 11.5. The average molecular weight is 222 g/mol. The second-order valence-electron chi connectivity index (χ2n) is 3.23. The molecule has 0 unspecified atom stereocenters. The lowest BCUT2D eigenvalue weighted by molar-refractivity contribution is -0.384. The van der Waals surface area contributed by atoms with Crippen LogP contribution in [-0.4, -0.2) is 26.7 Å². The molecule has 0 aliphatic heterocycles. The zero-order valence-corrected chi connectivity index (χ0v) is 8.66. The molecule has 7 nitrogen and oxygen atoms in total. The molecule has 0 spiro atoms. The maximum atomic E-state index is 10.6. The molecule has 2 aromatic rings. The third-order valence-electron chi connectivity index (χ3n) is 2.03. The Labute approximate surface area is 90.7 Å². The van der Waals surface area contributed by atoms with Gasteiger partial charge < -0.3 is 4.84 Å². The Kier molecular flexibility index (Phi) is 2.67. The van der Waals surface area contributed by atoms with Gasteiger partial charge in [0.05, 0.1) is 4.92 Å². The molecule has 0 radical (unpaired) electrons. The van der Waals surface area contributed by atoms with Crippen LogP contribution in [-0.2, 0) is 0 Å². The summed E-state index contributed by atoms with van der Waals surface area (Å²) in [5, 5.41) is 18.2. The van der Waals surface area contributed by atoms with Gasteiger partial charge in [-0.25, -0.2) is 0 Å². The predicted octanol–water partition coefficient (Wildman–Crippen LogP) is 1.18. The van der Waals surface area contributed by atoms with Crippen LogP contribution in [0, 0.1) is 10.1 Å². The van der Waals surface area contributed by atoms with E-state index < -0.39 is 4.92 Å². The van der Waals surface area contributed by atoms with Crippen molar-refractivity contribution in [3.63, 3.8) is 0 Å². The third kappa shape index (κ3) is 1.79. The monoisotopic (exact) mass is 222 g/mol. The van der Waals surface area contributed by atoms with Crippen molar-refractivity contribution in [2.24, 2.45) is 0 Å². The molecule has 0 amide bonds. The maximum absolute atomic E-state index is 10.6. The Balaban J connectivity index is 2.43. The van der Waals surface area contributed by atoms with Gasteiger partial charge in [0.15, 0.2) is 0 Å². The van der Waals surface area contributed by atoms with E-state index in [9.17, 15) is 10.1 Å². The molecule has 0 aliphatic rings. The van der Waals surface area contributed by atoms with Gasteiger partial charge in [-0.1, -0.05) is 11.8 Å². The first-order valence-corrected chi connectivity index (χ1v) is 4.85. The molecule has 1 aromatic heterocycles. The van der Waals surface area contributed by atoms with E-state index in [1.54, 1.807) is 6.07 Å². The molecule has 0 atom stereocenters. The van der Waals surface area contributed by atoms with E-state index in [0.29, 0.717) is 17.6 Å². The summed E-state index contributed by atoms with van der Waals surface area (Å²) in [4.78, 5) is 16.6. The zero-order valence-electron chi connectivity index (χ0n) is 8.66. The van der Waals surface area contributed by atoms with Crippen molar-refractivity contribution >= 4 is 16.7 Å². The van der Waals surface area contributed by atoms with Crippen molar-refractivity contribution in [3.8, 4) is 0 Å². The first-order chi connectivity index (χ1) is 7.72. The van der Waals surface area contributed by atoms with Crippen molar-refractivity contribution in [2.45, 2.75) is 13.3 Å². The molecule has 0 bridgehead atoms. The third-order valence-corrected chi connectivity index (χ3v) is 2.03. The number of nitro benzene ring substituents is 1. The van der Waals surface area contributed by atoms with E-state index in [2.05, 4.69) is 10.3 Å². The molecular formula is C9H10N4O3. The summed E-state index contributed by atoms with van der Waals surface area (Å²) in [6, 6.07) is 4.33. The lowest BCUT2D eigenvalue weighted by Crippen LogP contribution is -2.13. The van der Waals surface area contributed by atoms with E-state index >= 15 is 0 Å². The Hall–Kier alpha value is -2.18. The largest absolute Gasteiger partial charge is 0.395 e. The first kappa shape index (κ1) is 10.3. The van der Waals surface area contributed by atoms with E-state index in [-0.39, 0.29) is 5.69 Å². The summed E-state index contributed by atoms with van der Waals surface area (Å²) in [5.41, 5.74) is 1.07. The summed E-state index contributed by atoms with van der Waals surface area (Å²) in [7, 11) is 0. The molecule has 7 heteroatoms. The van der Waals surface area contributed by atoms with Crippen LogP contribution in [0.1, 0.15) is 13.3 Å². The molecular weight excluding hydrogens is 212 g/mol. The number of benzene rings is 1. The van der Waals surface area contributed by atoms with Crippen LogP contribution in [0.3, 0.4) is 0 Å². The summed E-state index contributed by atoms with van der Waals surface area (Å²) < 4.78 is 0. The number of hydrogen-bond donors (Lipinski definition) is 0. The number of non-ortho nitro benzene ring substituents is 1. The van der Waals surface area contributed by atoms with Gasteiger partial charge in [-0.15, -0.1) is 5.10 Å². The number of aromatic nitrogens is 3. The van der Waals surface area contributed by atoms with E-state index in [0.717, 1.165) is 6.42 Å². The number of nitro groups is 1. The molecule has 84 valence electrons. The quantitative estimate of drug-likeness (QED) is 0.572. The number of nitrogens with zero attached hydrogens (tertiary/aromatic N) is 4. The number of fused-ring (bicyclic) bond motifs is 1. The lowest BCUT2D eigenvalue weighted by Gasteiger charge is -2.02. The molecule has 0 fully saturated rings. The number of rotatable bonds is 4. The first-order valence-electron chi connectivity index (χ1n) is 4.85. The van der Waals surface area contributed by atoms with E-state index in [4.69, 9.17) is 4.84 Å². The van der Waals surface area contributed by atoms with Gasteiger partial charge in [0.2, 0.25) is 0 Å². The van der Waals surface area contributed by atoms with Crippen LogP contribution in [0.4, 0.5) is 5.69 Å². The van der Waals surface area contributed by atoms with Crippen LogP contribution >= 0.6 is 0 Å². The van der Waals surface area contributed by atoms with Crippen molar-refractivity contribution in [1.29, 1.82) is 0 Å². The maximum Gasteiger partial charge on any atom is 0.271 e. The Morgan fingerprint density at radius 3 is 3.06 bits per heavy atom. The van der Waals surface area contributed by atoms with Gasteiger partial charge in [-0.3, -0.25) is 10.1 Å². The molecule has 1 heterocycles. The minimum absolute atomic E-state index is 0.00357. The van der Waals surface area contributed by atoms with Crippen molar-refractivity contribution < 1.29 is 9.76 Å². The Bertz CT molecular complexity index is 522. The van der Waals surface area contributed by atoms with Crippen LogP contribution in [0.5, 0.6) is 0 Å². The summed E-state index contributed by atoms with van der Waals surface area (Å²) in [6.07, 6.45) is 0.830. The summed E-state index contributed by atoms with van der Waals surface area (Å²) in [6.45, 7) is 2.45. The van der Waals surface area contributed by atoms with Gasteiger partial charge in [0.1, 0.15) is 17.6 Å². The highest BCUT2D eigenvalue weighted by atomic mass is 16.7. The SMILES string of the molecule is CCCOn1nnc2ccc([N+](=O)[O-])cc21. The molecule has 16 heavy (non-hydrogen) atoms. The molecule has 0 saturated heterocycles. The standard InChI is InChI=1S/C9H10N4O3/c1-2-5-16-12-9-6-7(13(14)15)3-4-8(9)10-11-12/h3-4,6H,2,5H2,1H3. The molecule has 0 N–H and O–H groups in total. The van der Waals surface area contributed by atoms with Crippen LogP contribution in [0.25, 0.3) is 11.0 Å². The highest BCUT2D eigenvalue weighted by Crippen LogP contribution is 2.18. The molecule has 0 saturated carbocycles. The fraction of sp³-hybridized carbons (Fsp3) is 0.333. The average Bonchev–Trinajstić information content (AvgIpc) is 2.68. The van der Waals surface area contributed by atoms with Gasteiger partial charge in [-0.05, 0) is 17.7 Å². The van der Waals surface area contributed by atoms with Crippen molar-refractivity contribution in [1.82, 2.24) is 15.2 Å². The van der Waals surface area contributed by atoms with Crippen LogP contribution in [0.15, 0.2) is 18.2 Å². The molecule has 1 aromatic carbocycles. The van der Waals surface area contributed by atoms with Gasteiger partial charge in [0.25, 0.3) is 5.69 Å². The fourth-order valence-electron chi connectivity index (χ4n) is 1.27. The normalized spacial score (nSPS) is 10.6. The highest BCUT2D eigenvalue weighted by molar-refractivity contribution is 5.76. The second kappa shape index (κ2) is 4.13. The predicted molar refractivity (Wildman–Crippen MR) is 55.9 cm³/mol. The Morgan fingerprint density at radius 2 is 2.38 bits per heavy atom. The molecule has 0 aliphatic carbocycles. The minimum Gasteiger partial charge on any atom is -0.395 e. The van der Waals surface area contributed by atoms with E-state index in [1.807, 2.05) is 6.92 Å². The second-order valence-corrected chi connectivity index (χ2v) is 3.23. The van der Waals surface area contributed by atoms with Gasteiger partial charge >= 0.3 is 0 Å². The highest BCUT2D eigenvalue weighted by Gasteiger charge is 2.11. The van der Waals surface area contributed by atoms with E-state index in [1.165, 1.54) is 17.0 Å². The fourth-order valence-corrected chi connectivity index (χ4v) is 1.27. The van der Waals surface area contributed by atoms with Crippen LogP contribution < -0.4 is 4.84 Å². The van der Waals surface area contributed by atoms with Crippen LogP contribution in [0.2, 0.25) is 0 Å². The lowest BCUT2D eigenvalue weighted by atomic mass is 10.3. The van der Waals surface area contributed by atoms with Gasteiger partial charge in [0, 0.05) is 12.1 Å².